The van der Waals surface area contributed by atoms with Gasteiger partial charge in [0, 0.05) is 0 Å². The molecule has 0 fully saturated rings. The van der Waals surface area contributed by atoms with E-state index in [1.54, 1.807) is 0 Å². The van der Waals surface area contributed by atoms with Crippen LogP contribution in [0.15, 0.2) is 69.9 Å². The average molecular weight is 427 g/mol. The Morgan fingerprint density at radius 2 is 0.710 bits per heavy atom. The van der Waals surface area contributed by atoms with Crippen molar-refractivity contribution in [3.63, 3.8) is 0 Å². The van der Waals surface area contributed by atoms with Crippen LogP contribution >= 0.6 is 0 Å². The molecule has 1 nitrogen and oxygen atoms in total. The Hall–Kier alpha value is -1.60. The van der Waals surface area contributed by atoms with Crippen molar-refractivity contribution in [3.8, 4) is 0 Å². The van der Waals surface area contributed by atoms with Gasteiger partial charge in [-0.2, -0.15) is 0 Å². The van der Waals surface area contributed by atoms with Crippen LogP contribution in [0.5, 0.6) is 0 Å². The van der Waals surface area contributed by atoms with E-state index in [9.17, 15) is 0 Å². The number of aliphatic hydroxyl groups is 1. The Morgan fingerprint density at radius 3 is 1.03 bits per heavy atom. The first-order valence-electron chi connectivity index (χ1n) is 12.3. The molecule has 0 amide bonds. The highest BCUT2D eigenvalue weighted by Gasteiger charge is 1.94. The van der Waals surface area contributed by atoms with E-state index in [-0.39, 0.29) is 6.61 Å². The van der Waals surface area contributed by atoms with Gasteiger partial charge in [-0.3, -0.25) is 0 Å². The SMILES string of the molecule is CC(C)=CCC/C(C)=C/CC/C(C)=C/CC/C=C(\C)CC/C=C(\C)CC/C=C(\C)CO. The van der Waals surface area contributed by atoms with Crippen molar-refractivity contribution in [1.82, 2.24) is 0 Å². The fraction of sp³-hybridized carbons (Fsp3) is 0.600. The summed E-state index contributed by atoms with van der Waals surface area (Å²) in [6.07, 6.45) is 25.5. The van der Waals surface area contributed by atoms with Gasteiger partial charge in [-0.1, -0.05) is 69.9 Å². The summed E-state index contributed by atoms with van der Waals surface area (Å²) in [5.74, 6) is 0. The Labute approximate surface area is 194 Å². The number of aliphatic hydroxyl groups excluding tert-OH is 1. The van der Waals surface area contributed by atoms with E-state index >= 15 is 0 Å². The number of allylic oxidation sites excluding steroid dienone is 11. The van der Waals surface area contributed by atoms with Gasteiger partial charge < -0.3 is 5.11 Å². The van der Waals surface area contributed by atoms with E-state index < -0.39 is 0 Å². The first-order chi connectivity index (χ1) is 14.7. The predicted octanol–water partition coefficient (Wildman–Crippen LogP) is 9.58. The van der Waals surface area contributed by atoms with Crippen molar-refractivity contribution < 1.29 is 5.11 Å². The smallest absolute Gasteiger partial charge is 0.0639 e. The zero-order valence-electron chi connectivity index (χ0n) is 21.7. The summed E-state index contributed by atoms with van der Waals surface area (Å²) in [6, 6.07) is 0. The van der Waals surface area contributed by atoms with Gasteiger partial charge >= 0.3 is 0 Å². The Balaban J connectivity index is 4.07. The lowest BCUT2D eigenvalue weighted by atomic mass is 10.0. The van der Waals surface area contributed by atoms with Crippen molar-refractivity contribution in [3.05, 3.63) is 69.9 Å². The summed E-state index contributed by atoms with van der Waals surface area (Å²) in [5, 5.41) is 9.02. The molecule has 0 aromatic heterocycles. The quantitative estimate of drug-likeness (QED) is 0.192. The molecule has 0 aromatic rings. The summed E-state index contributed by atoms with van der Waals surface area (Å²) < 4.78 is 0. The average Bonchev–Trinajstić information content (AvgIpc) is 2.70. The summed E-state index contributed by atoms with van der Waals surface area (Å²) in [4.78, 5) is 0. The van der Waals surface area contributed by atoms with E-state index in [2.05, 4.69) is 78.0 Å². The van der Waals surface area contributed by atoms with Gasteiger partial charge in [-0.05, 0) is 113 Å². The van der Waals surface area contributed by atoms with Crippen LogP contribution in [0, 0.1) is 0 Å². The largest absolute Gasteiger partial charge is 0.392 e. The third-order valence-electron chi connectivity index (χ3n) is 5.59. The molecular weight excluding hydrogens is 376 g/mol. The highest BCUT2D eigenvalue weighted by atomic mass is 16.3. The zero-order chi connectivity index (χ0) is 23.5. The standard InChI is InChI=1S/C30H50O/c1-25(2)14-10-17-28(5)20-11-18-26(3)15-8-9-16-27(4)19-12-21-29(6)22-13-23-30(7)24-31/h14-16,20-21,23,31H,8-13,17-19,22,24H2,1-7H3/b26-15+,27-16+,28-20+,29-21+,30-23+. The minimum Gasteiger partial charge on any atom is -0.392 e. The van der Waals surface area contributed by atoms with Gasteiger partial charge in [-0.25, -0.2) is 0 Å². The lowest BCUT2D eigenvalue weighted by Gasteiger charge is -2.03. The molecule has 0 heterocycles. The summed E-state index contributed by atoms with van der Waals surface area (Å²) in [7, 11) is 0. The highest BCUT2D eigenvalue weighted by Crippen LogP contribution is 2.14. The molecule has 0 rings (SSSR count). The number of hydrogen-bond donors (Lipinski definition) is 1. The molecule has 0 unspecified atom stereocenters. The van der Waals surface area contributed by atoms with E-state index in [1.807, 2.05) is 6.92 Å². The topological polar surface area (TPSA) is 20.2 Å². The van der Waals surface area contributed by atoms with Crippen LogP contribution in [0.3, 0.4) is 0 Å². The first-order valence-corrected chi connectivity index (χ1v) is 12.3. The fourth-order valence-electron chi connectivity index (χ4n) is 3.36. The lowest BCUT2D eigenvalue weighted by Crippen LogP contribution is -1.85. The lowest BCUT2D eigenvalue weighted by molar-refractivity contribution is 0.331. The second kappa shape index (κ2) is 19.1. The van der Waals surface area contributed by atoms with Gasteiger partial charge in [0.2, 0.25) is 0 Å². The van der Waals surface area contributed by atoms with Crippen molar-refractivity contribution in [2.75, 3.05) is 6.61 Å². The maximum Gasteiger partial charge on any atom is 0.0639 e. The van der Waals surface area contributed by atoms with Crippen LogP contribution in [0.2, 0.25) is 0 Å². The van der Waals surface area contributed by atoms with Crippen molar-refractivity contribution in [2.24, 2.45) is 0 Å². The maximum absolute atomic E-state index is 9.02. The van der Waals surface area contributed by atoms with E-state index in [0.717, 1.165) is 44.1 Å². The van der Waals surface area contributed by atoms with Crippen molar-refractivity contribution in [2.45, 2.75) is 113 Å². The number of hydrogen-bond acceptors (Lipinski definition) is 1. The van der Waals surface area contributed by atoms with Crippen LogP contribution in [0.1, 0.15) is 113 Å². The molecule has 0 saturated carbocycles. The monoisotopic (exact) mass is 426 g/mol. The van der Waals surface area contributed by atoms with Gasteiger partial charge in [-0.15, -0.1) is 0 Å². The van der Waals surface area contributed by atoms with Gasteiger partial charge in [0.25, 0.3) is 0 Å². The van der Waals surface area contributed by atoms with Crippen LogP contribution in [-0.2, 0) is 0 Å². The van der Waals surface area contributed by atoms with E-state index in [4.69, 9.17) is 5.11 Å². The minimum absolute atomic E-state index is 0.176. The third kappa shape index (κ3) is 20.1. The van der Waals surface area contributed by atoms with Crippen LogP contribution in [0.25, 0.3) is 0 Å². The highest BCUT2D eigenvalue weighted by molar-refractivity contribution is 5.08. The number of unbranched alkanes of at least 4 members (excludes halogenated alkanes) is 1. The van der Waals surface area contributed by atoms with E-state index in [0.29, 0.717) is 0 Å². The third-order valence-corrected chi connectivity index (χ3v) is 5.59. The molecule has 0 aliphatic heterocycles. The summed E-state index contributed by atoms with van der Waals surface area (Å²) >= 11 is 0. The molecule has 0 saturated heterocycles. The molecule has 0 aromatic carbocycles. The molecule has 1 N–H and O–H groups in total. The van der Waals surface area contributed by atoms with E-state index in [1.165, 1.54) is 53.5 Å². The second-order valence-electron chi connectivity index (χ2n) is 9.42. The zero-order valence-corrected chi connectivity index (χ0v) is 21.7. The summed E-state index contributed by atoms with van der Waals surface area (Å²) in [5.41, 5.74) is 8.47. The van der Waals surface area contributed by atoms with Crippen molar-refractivity contribution >= 4 is 0 Å². The second-order valence-corrected chi connectivity index (χ2v) is 9.42. The first kappa shape index (κ1) is 29.4. The normalized spacial score (nSPS) is 14.3. The molecular formula is C30H50O. The molecule has 176 valence electrons. The Kier molecular flexibility index (Phi) is 18.1. The number of rotatable bonds is 16. The Bertz CT molecular complexity index is 661. The fourth-order valence-corrected chi connectivity index (χ4v) is 3.36. The molecule has 0 bridgehead atoms. The minimum atomic E-state index is 0.176. The Morgan fingerprint density at radius 1 is 0.419 bits per heavy atom. The van der Waals surface area contributed by atoms with Gasteiger partial charge in [0.15, 0.2) is 0 Å². The van der Waals surface area contributed by atoms with Crippen LogP contribution in [0.4, 0.5) is 0 Å². The molecule has 31 heavy (non-hydrogen) atoms. The molecule has 0 aliphatic rings. The van der Waals surface area contributed by atoms with Gasteiger partial charge in [0.1, 0.15) is 0 Å². The van der Waals surface area contributed by atoms with Crippen molar-refractivity contribution in [1.29, 1.82) is 0 Å². The van der Waals surface area contributed by atoms with Crippen LogP contribution in [-0.4, -0.2) is 11.7 Å². The molecule has 0 atom stereocenters. The molecule has 1 heteroatoms. The molecule has 0 spiro atoms. The molecule has 0 radical (unpaired) electrons. The van der Waals surface area contributed by atoms with Gasteiger partial charge in [0.05, 0.1) is 6.61 Å². The predicted molar refractivity (Wildman–Crippen MR) is 141 cm³/mol. The maximum atomic E-state index is 9.02. The van der Waals surface area contributed by atoms with Crippen LogP contribution < -0.4 is 0 Å². The summed E-state index contributed by atoms with van der Waals surface area (Å²) in [6.45, 7) is 15.5. The molecule has 0 aliphatic carbocycles.